The van der Waals surface area contributed by atoms with Gasteiger partial charge >= 0.3 is 6.09 Å². The van der Waals surface area contributed by atoms with E-state index in [-0.39, 0.29) is 0 Å². The van der Waals surface area contributed by atoms with Gasteiger partial charge in [-0.2, -0.15) is 0 Å². The average Bonchev–Trinajstić information content (AvgIpc) is 2.76. The first-order valence-corrected chi connectivity index (χ1v) is 7.60. The summed E-state index contributed by atoms with van der Waals surface area (Å²) in [5.41, 5.74) is 3.38. The highest BCUT2D eigenvalue weighted by atomic mass is 79.9. The van der Waals surface area contributed by atoms with Gasteiger partial charge in [-0.15, -0.1) is 12.3 Å². The summed E-state index contributed by atoms with van der Waals surface area (Å²) < 4.78 is 1.01. The van der Waals surface area contributed by atoms with Gasteiger partial charge in [-0.1, -0.05) is 15.9 Å². The number of hydrogen-bond donors (Lipinski definition) is 3. The van der Waals surface area contributed by atoms with E-state index in [1.54, 1.807) is 0 Å². The van der Waals surface area contributed by atoms with Gasteiger partial charge in [-0.3, -0.25) is 0 Å². The molecule has 1 aromatic heterocycles. The van der Waals surface area contributed by atoms with Crippen LogP contribution < -0.4 is 5.32 Å². The fourth-order valence-electron chi connectivity index (χ4n) is 2.44. The summed E-state index contributed by atoms with van der Waals surface area (Å²) in [6.45, 7) is 0.400. The summed E-state index contributed by atoms with van der Waals surface area (Å²) in [6, 6.07) is 6.08. The molecule has 0 radical (unpaired) electrons. The highest BCUT2D eigenvalue weighted by molar-refractivity contribution is 9.10. The Kier molecular flexibility index (Phi) is 5.29. The fourth-order valence-corrected chi connectivity index (χ4v) is 2.80. The molecule has 2 aromatic rings. The van der Waals surface area contributed by atoms with Crippen molar-refractivity contribution in [2.45, 2.75) is 25.7 Å². The molecule has 0 unspecified atom stereocenters. The molecular weight excluding hydrogens is 332 g/mol. The van der Waals surface area contributed by atoms with Gasteiger partial charge in [-0.05, 0) is 43.0 Å². The lowest BCUT2D eigenvalue weighted by atomic mass is 10.0. The third-order valence-electron chi connectivity index (χ3n) is 3.36. The van der Waals surface area contributed by atoms with Gasteiger partial charge in [0.25, 0.3) is 0 Å². The van der Waals surface area contributed by atoms with Crippen LogP contribution in [-0.4, -0.2) is 22.7 Å². The Balaban J connectivity index is 2.27. The number of halogens is 1. The number of H-pyrrole nitrogens is 1. The molecule has 0 saturated carbocycles. The lowest BCUT2D eigenvalue weighted by Gasteiger charge is -2.05. The maximum atomic E-state index is 10.6. The zero-order valence-corrected chi connectivity index (χ0v) is 13.2. The van der Waals surface area contributed by atoms with Crippen LogP contribution in [0, 0.1) is 12.3 Å². The predicted octanol–water partition coefficient (Wildman–Crippen LogP) is 3.70. The molecule has 0 saturated heterocycles. The van der Waals surface area contributed by atoms with E-state index in [0.29, 0.717) is 13.0 Å². The summed E-state index contributed by atoms with van der Waals surface area (Å²) in [4.78, 5) is 14.0. The summed E-state index contributed by atoms with van der Waals surface area (Å²) in [5, 5.41) is 12.2. The molecule has 0 aliphatic rings. The van der Waals surface area contributed by atoms with Crippen LogP contribution in [0.5, 0.6) is 0 Å². The van der Waals surface area contributed by atoms with Crippen molar-refractivity contribution in [2.24, 2.45) is 0 Å². The van der Waals surface area contributed by atoms with Crippen LogP contribution in [0.3, 0.4) is 0 Å². The van der Waals surface area contributed by atoms with Gasteiger partial charge in [0.05, 0.1) is 0 Å². The average molecular weight is 349 g/mol. The minimum Gasteiger partial charge on any atom is -0.465 e. The Morgan fingerprint density at radius 1 is 1.43 bits per heavy atom. The maximum Gasteiger partial charge on any atom is 0.404 e. The fraction of sp³-hybridized carbons (Fsp3) is 0.312. The summed E-state index contributed by atoms with van der Waals surface area (Å²) in [5.74, 6) is 2.65. The molecule has 1 heterocycles. The van der Waals surface area contributed by atoms with Crippen molar-refractivity contribution in [1.82, 2.24) is 10.3 Å². The number of unbranched alkanes of at least 4 members (excludes halogenated alkanes) is 1. The SMILES string of the molecule is C#CCCCc1[nH]c2ccc(Br)cc2c1CCNC(=O)O. The van der Waals surface area contributed by atoms with Crippen LogP contribution >= 0.6 is 15.9 Å². The molecule has 110 valence electrons. The van der Waals surface area contributed by atoms with Gasteiger partial charge in [0, 0.05) is 34.0 Å². The number of terminal acetylenes is 1. The number of aromatic amines is 1. The molecule has 0 spiro atoms. The molecule has 1 aromatic carbocycles. The second kappa shape index (κ2) is 7.19. The number of rotatable bonds is 6. The number of benzene rings is 1. The van der Waals surface area contributed by atoms with Crippen molar-refractivity contribution in [3.63, 3.8) is 0 Å². The van der Waals surface area contributed by atoms with Crippen molar-refractivity contribution >= 4 is 32.9 Å². The summed E-state index contributed by atoms with van der Waals surface area (Å²) in [7, 11) is 0. The maximum absolute atomic E-state index is 10.6. The molecule has 4 nitrogen and oxygen atoms in total. The molecule has 3 N–H and O–H groups in total. The quantitative estimate of drug-likeness (QED) is 0.550. The Labute approximate surface area is 132 Å². The largest absolute Gasteiger partial charge is 0.465 e. The number of carbonyl (C=O) groups is 1. The third kappa shape index (κ3) is 4.02. The molecular formula is C16H17BrN2O2. The minimum absolute atomic E-state index is 0.400. The first-order chi connectivity index (χ1) is 10.1. The molecule has 0 aliphatic heterocycles. The number of nitrogens with one attached hydrogen (secondary N) is 2. The molecule has 21 heavy (non-hydrogen) atoms. The lowest BCUT2D eigenvalue weighted by molar-refractivity contribution is 0.194. The first kappa shape index (κ1) is 15.5. The number of aromatic nitrogens is 1. The van der Waals surface area contributed by atoms with Crippen LogP contribution in [0.25, 0.3) is 10.9 Å². The van der Waals surface area contributed by atoms with Crippen molar-refractivity contribution in [1.29, 1.82) is 0 Å². The van der Waals surface area contributed by atoms with Crippen molar-refractivity contribution < 1.29 is 9.90 Å². The Morgan fingerprint density at radius 2 is 2.24 bits per heavy atom. The van der Waals surface area contributed by atoms with Crippen LogP contribution in [0.1, 0.15) is 24.1 Å². The van der Waals surface area contributed by atoms with Gasteiger partial charge in [-0.25, -0.2) is 4.79 Å². The van der Waals surface area contributed by atoms with Crippen molar-refractivity contribution in [3.05, 3.63) is 33.9 Å². The second-order valence-electron chi connectivity index (χ2n) is 4.81. The molecule has 1 amide bonds. The van der Waals surface area contributed by atoms with Gasteiger partial charge < -0.3 is 15.4 Å². The Hall–Kier alpha value is -1.93. The molecule has 0 fully saturated rings. The molecule has 2 rings (SSSR count). The summed E-state index contributed by atoms with van der Waals surface area (Å²) in [6.07, 6.45) is 7.50. The number of fused-ring (bicyclic) bond motifs is 1. The van der Waals surface area contributed by atoms with Crippen molar-refractivity contribution in [2.75, 3.05) is 6.54 Å². The van der Waals surface area contributed by atoms with E-state index in [1.807, 2.05) is 12.1 Å². The van der Waals surface area contributed by atoms with E-state index < -0.39 is 6.09 Å². The van der Waals surface area contributed by atoms with E-state index >= 15 is 0 Å². The minimum atomic E-state index is -0.995. The molecule has 0 bridgehead atoms. The zero-order valence-electron chi connectivity index (χ0n) is 11.6. The Bertz CT molecular complexity index is 685. The van der Waals surface area contributed by atoms with Crippen LogP contribution in [0.4, 0.5) is 4.79 Å². The molecule has 5 heteroatoms. The van der Waals surface area contributed by atoms with Crippen molar-refractivity contribution in [3.8, 4) is 12.3 Å². The summed E-state index contributed by atoms with van der Waals surface area (Å²) >= 11 is 3.48. The second-order valence-corrected chi connectivity index (χ2v) is 5.73. The zero-order chi connectivity index (χ0) is 15.2. The van der Waals surface area contributed by atoms with E-state index in [1.165, 1.54) is 0 Å². The smallest absolute Gasteiger partial charge is 0.404 e. The standard InChI is InChI=1S/C16H17BrN2O2/c1-2-3-4-5-14-12(8-9-18-16(20)21)13-10-11(17)6-7-15(13)19-14/h1,6-7,10,18-19H,3-5,8-9H2,(H,20,21). The van der Waals surface area contributed by atoms with E-state index in [2.05, 4.69) is 38.2 Å². The first-order valence-electron chi connectivity index (χ1n) is 6.81. The van der Waals surface area contributed by atoms with E-state index in [0.717, 1.165) is 45.9 Å². The topological polar surface area (TPSA) is 65.1 Å². The molecule has 0 atom stereocenters. The van der Waals surface area contributed by atoms with Crippen LogP contribution in [0.2, 0.25) is 0 Å². The molecule has 0 aliphatic carbocycles. The normalized spacial score (nSPS) is 10.5. The number of hydrogen-bond acceptors (Lipinski definition) is 1. The highest BCUT2D eigenvalue weighted by Crippen LogP contribution is 2.27. The number of carboxylic acid groups (broad SMARTS) is 1. The monoisotopic (exact) mass is 348 g/mol. The van der Waals surface area contributed by atoms with Gasteiger partial charge in [0.2, 0.25) is 0 Å². The van der Waals surface area contributed by atoms with Crippen LogP contribution in [0.15, 0.2) is 22.7 Å². The third-order valence-corrected chi connectivity index (χ3v) is 3.85. The highest BCUT2D eigenvalue weighted by Gasteiger charge is 2.11. The van der Waals surface area contributed by atoms with Gasteiger partial charge in [0.1, 0.15) is 0 Å². The number of aryl methyl sites for hydroxylation is 1. The Morgan fingerprint density at radius 3 is 2.95 bits per heavy atom. The lowest BCUT2D eigenvalue weighted by Crippen LogP contribution is -2.23. The van der Waals surface area contributed by atoms with E-state index in [9.17, 15) is 4.79 Å². The van der Waals surface area contributed by atoms with E-state index in [4.69, 9.17) is 11.5 Å². The predicted molar refractivity (Wildman–Crippen MR) is 87.5 cm³/mol. The van der Waals surface area contributed by atoms with Gasteiger partial charge in [0.15, 0.2) is 0 Å². The number of amides is 1. The van der Waals surface area contributed by atoms with Crippen LogP contribution in [-0.2, 0) is 12.8 Å².